The molecule has 0 aromatic heterocycles. The van der Waals surface area contributed by atoms with Crippen LogP contribution in [-0.2, 0) is 14.3 Å². The molecule has 0 aromatic carbocycles. The average molecular weight is 216 g/mol. The van der Waals surface area contributed by atoms with E-state index < -0.39 is 17.9 Å². The van der Waals surface area contributed by atoms with E-state index in [0.29, 0.717) is 19.1 Å². The van der Waals surface area contributed by atoms with E-state index in [-0.39, 0.29) is 6.42 Å². The minimum atomic E-state index is -1.07. The highest BCUT2D eigenvalue weighted by Gasteiger charge is 2.20. The molecule has 6 heteroatoms. The number of carbonyl (C=O) groups excluding carboxylic acids is 1. The van der Waals surface area contributed by atoms with E-state index in [1.807, 2.05) is 0 Å². The number of hydrogen-bond acceptors (Lipinski definition) is 4. The zero-order valence-electron chi connectivity index (χ0n) is 8.44. The Morgan fingerprint density at radius 1 is 1.60 bits per heavy atom. The normalized spacial score (nSPS) is 22.3. The fourth-order valence-corrected chi connectivity index (χ4v) is 1.40. The second-order valence-corrected chi connectivity index (χ2v) is 3.68. The summed E-state index contributed by atoms with van der Waals surface area (Å²) in [7, 11) is 0. The lowest BCUT2D eigenvalue weighted by atomic mass is 10.1. The summed E-state index contributed by atoms with van der Waals surface area (Å²) in [4.78, 5) is 21.6. The van der Waals surface area contributed by atoms with E-state index in [4.69, 9.17) is 15.6 Å². The Balaban J connectivity index is 2.19. The first-order valence-corrected chi connectivity index (χ1v) is 4.92. The highest BCUT2D eigenvalue weighted by molar-refractivity contribution is 5.85. The molecule has 86 valence electrons. The van der Waals surface area contributed by atoms with Crippen LogP contribution < -0.4 is 11.1 Å². The highest BCUT2D eigenvalue weighted by atomic mass is 16.5. The molecule has 1 saturated heterocycles. The van der Waals surface area contributed by atoms with Crippen molar-refractivity contribution < 1.29 is 19.4 Å². The van der Waals surface area contributed by atoms with E-state index in [1.165, 1.54) is 0 Å². The lowest BCUT2D eigenvalue weighted by Crippen LogP contribution is -2.43. The smallest absolute Gasteiger partial charge is 0.305 e. The first-order valence-electron chi connectivity index (χ1n) is 4.92. The Kier molecular flexibility index (Phi) is 4.51. The van der Waals surface area contributed by atoms with E-state index in [0.717, 1.165) is 13.0 Å². The van der Waals surface area contributed by atoms with E-state index in [2.05, 4.69) is 5.32 Å². The van der Waals surface area contributed by atoms with Gasteiger partial charge in [0.1, 0.15) is 0 Å². The van der Waals surface area contributed by atoms with E-state index in [9.17, 15) is 9.59 Å². The van der Waals surface area contributed by atoms with Crippen LogP contribution in [0.15, 0.2) is 0 Å². The number of carboxylic acids is 1. The number of carboxylic acid groups (broad SMARTS) is 1. The summed E-state index contributed by atoms with van der Waals surface area (Å²) in [5, 5.41) is 11.1. The van der Waals surface area contributed by atoms with Gasteiger partial charge in [0.25, 0.3) is 0 Å². The number of aliphatic carboxylic acids is 1. The van der Waals surface area contributed by atoms with Crippen LogP contribution in [0.5, 0.6) is 0 Å². The monoisotopic (exact) mass is 216 g/mol. The van der Waals surface area contributed by atoms with Crippen molar-refractivity contribution >= 4 is 11.9 Å². The van der Waals surface area contributed by atoms with Crippen LogP contribution in [0.1, 0.15) is 12.8 Å². The molecule has 2 unspecified atom stereocenters. The molecule has 1 fully saturated rings. The molecule has 1 rings (SSSR count). The van der Waals surface area contributed by atoms with Crippen molar-refractivity contribution in [1.29, 1.82) is 0 Å². The van der Waals surface area contributed by atoms with Crippen molar-refractivity contribution in [2.45, 2.75) is 18.9 Å². The standard InChI is InChI=1S/C9H16N2O4/c10-7(3-8(12)13)9(14)11-4-6-1-2-15-5-6/h6-7H,1-5,10H2,(H,11,14)(H,12,13). The van der Waals surface area contributed by atoms with Crippen molar-refractivity contribution in [3.63, 3.8) is 0 Å². The first-order chi connectivity index (χ1) is 7.09. The number of nitrogens with one attached hydrogen (secondary N) is 1. The van der Waals surface area contributed by atoms with Crippen molar-refractivity contribution in [1.82, 2.24) is 5.32 Å². The molecule has 1 aliphatic rings. The maximum absolute atomic E-state index is 11.3. The zero-order chi connectivity index (χ0) is 11.3. The Bertz CT molecular complexity index is 238. The lowest BCUT2D eigenvalue weighted by molar-refractivity contribution is -0.139. The summed E-state index contributed by atoms with van der Waals surface area (Å²) in [6.45, 7) is 1.88. The molecule has 1 heterocycles. The molecular weight excluding hydrogens is 200 g/mol. The predicted octanol–water partition coefficient (Wildman–Crippen LogP) is -1.06. The van der Waals surface area contributed by atoms with Gasteiger partial charge in [-0.05, 0) is 6.42 Å². The number of nitrogens with two attached hydrogens (primary N) is 1. The third-order valence-corrected chi connectivity index (χ3v) is 2.32. The van der Waals surface area contributed by atoms with Crippen molar-refractivity contribution in [2.75, 3.05) is 19.8 Å². The number of rotatable bonds is 5. The highest BCUT2D eigenvalue weighted by Crippen LogP contribution is 2.10. The fraction of sp³-hybridized carbons (Fsp3) is 0.778. The fourth-order valence-electron chi connectivity index (χ4n) is 1.40. The molecular formula is C9H16N2O4. The molecule has 0 aliphatic carbocycles. The first kappa shape index (κ1) is 11.9. The SMILES string of the molecule is NC(CC(=O)O)C(=O)NCC1CCOC1. The van der Waals surface area contributed by atoms with Gasteiger partial charge in [0.15, 0.2) is 0 Å². The third-order valence-electron chi connectivity index (χ3n) is 2.32. The summed E-state index contributed by atoms with van der Waals surface area (Å²) in [5.41, 5.74) is 5.38. The second-order valence-electron chi connectivity index (χ2n) is 3.68. The van der Waals surface area contributed by atoms with Gasteiger partial charge in [-0.1, -0.05) is 0 Å². The molecule has 0 radical (unpaired) electrons. The largest absolute Gasteiger partial charge is 0.481 e. The number of ether oxygens (including phenoxy) is 1. The molecule has 6 nitrogen and oxygen atoms in total. The van der Waals surface area contributed by atoms with Crippen LogP contribution in [0.3, 0.4) is 0 Å². The molecule has 0 spiro atoms. The molecule has 2 atom stereocenters. The summed E-state index contributed by atoms with van der Waals surface area (Å²) >= 11 is 0. The Morgan fingerprint density at radius 3 is 2.87 bits per heavy atom. The average Bonchev–Trinajstić information content (AvgIpc) is 2.65. The van der Waals surface area contributed by atoms with Gasteiger partial charge in [0, 0.05) is 19.1 Å². The van der Waals surface area contributed by atoms with Crippen LogP contribution in [0.25, 0.3) is 0 Å². The van der Waals surface area contributed by atoms with Crippen LogP contribution in [0.2, 0.25) is 0 Å². The summed E-state index contributed by atoms with van der Waals surface area (Å²) in [5.74, 6) is -1.16. The topological polar surface area (TPSA) is 102 Å². The maximum atomic E-state index is 11.3. The Labute approximate surface area is 87.8 Å². The molecule has 0 aromatic rings. The molecule has 0 bridgehead atoms. The van der Waals surface area contributed by atoms with E-state index in [1.54, 1.807) is 0 Å². The molecule has 15 heavy (non-hydrogen) atoms. The third kappa shape index (κ3) is 4.26. The molecule has 1 aliphatic heterocycles. The lowest BCUT2D eigenvalue weighted by Gasteiger charge is -2.12. The van der Waals surface area contributed by atoms with Crippen LogP contribution in [0.4, 0.5) is 0 Å². The van der Waals surface area contributed by atoms with Gasteiger partial charge in [0.2, 0.25) is 5.91 Å². The van der Waals surface area contributed by atoms with Crippen molar-refractivity contribution in [3.8, 4) is 0 Å². The van der Waals surface area contributed by atoms with Gasteiger partial charge >= 0.3 is 5.97 Å². The van der Waals surface area contributed by atoms with Gasteiger partial charge in [-0.15, -0.1) is 0 Å². The molecule has 0 saturated carbocycles. The quantitative estimate of drug-likeness (QED) is 0.543. The van der Waals surface area contributed by atoms with Crippen LogP contribution in [0, 0.1) is 5.92 Å². The van der Waals surface area contributed by atoms with Crippen LogP contribution >= 0.6 is 0 Å². The Morgan fingerprint density at radius 2 is 2.33 bits per heavy atom. The van der Waals surface area contributed by atoms with Gasteiger partial charge in [-0.3, -0.25) is 9.59 Å². The number of carbonyl (C=O) groups is 2. The van der Waals surface area contributed by atoms with Gasteiger partial charge in [0.05, 0.1) is 19.1 Å². The van der Waals surface area contributed by atoms with E-state index >= 15 is 0 Å². The summed E-state index contributed by atoms with van der Waals surface area (Å²) in [6, 6.07) is -0.968. The summed E-state index contributed by atoms with van der Waals surface area (Å²) in [6.07, 6.45) is 0.585. The van der Waals surface area contributed by atoms with Crippen molar-refractivity contribution in [3.05, 3.63) is 0 Å². The van der Waals surface area contributed by atoms with Crippen molar-refractivity contribution in [2.24, 2.45) is 11.7 Å². The second kappa shape index (κ2) is 5.67. The maximum Gasteiger partial charge on any atom is 0.305 e. The Hall–Kier alpha value is -1.14. The number of amides is 1. The van der Waals surface area contributed by atoms with Crippen LogP contribution in [-0.4, -0.2) is 42.8 Å². The predicted molar refractivity (Wildman–Crippen MR) is 52.2 cm³/mol. The molecule has 1 amide bonds. The van der Waals surface area contributed by atoms with Gasteiger partial charge in [-0.25, -0.2) is 0 Å². The molecule has 4 N–H and O–H groups in total. The minimum absolute atomic E-state index is 0.325. The van der Waals surface area contributed by atoms with Gasteiger partial charge < -0.3 is 20.9 Å². The minimum Gasteiger partial charge on any atom is -0.481 e. The number of hydrogen-bond donors (Lipinski definition) is 3. The zero-order valence-corrected chi connectivity index (χ0v) is 8.44. The van der Waals surface area contributed by atoms with Gasteiger partial charge in [-0.2, -0.15) is 0 Å². The summed E-state index contributed by atoms with van der Waals surface area (Å²) < 4.78 is 5.14.